The molecule has 0 N–H and O–H groups in total. The maximum absolute atomic E-state index is 4.13. The van der Waals surface area contributed by atoms with Gasteiger partial charge in [0.05, 0.1) is 0 Å². The second-order valence-corrected chi connectivity index (χ2v) is 8.04. The second-order valence-electron chi connectivity index (χ2n) is 8.04. The normalized spacial score (nSPS) is 12.6. The molecule has 0 aromatic carbocycles. The van der Waals surface area contributed by atoms with Crippen LogP contribution < -0.4 is 0 Å². The summed E-state index contributed by atoms with van der Waals surface area (Å²) in [6.07, 6.45) is 28.7. The Balaban J connectivity index is 3.12. The van der Waals surface area contributed by atoms with E-state index in [0.717, 1.165) is 12.3 Å². The first-order valence-corrected chi connectivity index (χ1v) is 11.6. The minimum atomic E-state index is 0.909. The highest BCUT2D eigenvalue weighted by atomic mass is 14.1. The minimum Gasteiger partial charge on any atom is -0.0654 e. The molecule has 0 rings (SSSR count). The van der Waals surface area contributed by atoms with Gasteiger partial charge in [0.25, 0.3) is 0 Å². The van der Waals surface area contributed by atoms with Gasteiger partial charge in [-0.25, -0.2) is 0 Å². The molecule has 1 unspecified atom stereocenters. The molecular weight excluding hydrogens is 288 g/mol. The molecule has 0 aromatic heterocycles. The van der Waals surface area contributed by atoms with Crippen LogP contribution in [-0.4, -0.2) is 0 Å². The van der Waals surface area contributed by atoms with Crippen LogP contribution >= 0.6 is 0 Å². The number of rotatable bonds is 20. The van der Waals surface area contributed by atoms with Crippen molar-refractivity contribution in [3.8, 4) is 0 Å². The Morgan fingerprint density at radius 1 is 0.458 bits per heavy atom. The SMILES string of the molecule is [CH2]CC(CCCC)CCCCCCCCCCCCCCCCC. The third kappa shape index (κ3) is 18.3. The first-order valence-electron chi connectivity index (χ1n) is 11.6. The first-order chi connectivity index (χ1) is 11.8. The molecule has 1 radical (unpaired) electrons. The van der Waals surface area contributed by atoms with Crippen LogP contribution in [0.15, 0.2) is 0 Å². The van der Waals surface area contributed by atoms with Crippen LogP contribution in [0.5, 0.6) is 0 Å². The highest BCUT2D eigenvalue weighted by Gasteiger charge is 2.05. The van der Waals surface area contributed by atoms with Crippen LogP contribution in [0.25, 0.3) is 0 Å². The zero-order valence-electron chi connectivity index (χ0n) is 17.4. The molecule has 0 aliphatic heterocycles. The fraction of sp³-hybridized carbons (Fsp3) is 0.958. The van der Waals surface area contributed by atoms with E-state index in [1.165, 1.54) is 122 Å². The van der Waals surface area contributed by atoms with Crippen LogP contribution in [0.2, 0.25) is 0 Å². The van der Waals surface area contributed by atoms with Crippen LogP contribution in [0.1, 0.15) is 142 Å². The molecule has 24 heavy (non-hydrogen) atoms. The highest BCUT2D eigenvalue weighted by molar-refractivity contribution is 4.61. The molecule has 0 saturated carbocycles. The van der Waals surface area contributed by atoms with Gasteiger partial charge in [0.2, 0.25) is 0 Å². The van der Waals surface area contributed by atoms with Gasteiger partial charge >= 0.3 is 0 Å². The zero-order valence-corrected chi connectivity index (χ0v) is 17.4. The molecule has 1 atom stereocenters. The zero-order chi connectivity index (χ0) is 17.7. The summed E-state index contributed by atoms with van der Waals surface area (Å²) in [6.45, 7) is 8.73. The summed E-state index contributed by atoms with van der Waals surface area (Å²) in [4.78, 5) is 0. The van der Waals surface area contributed by atoms with Gasteiger partial charge in [0.1, 0.15) is 0 Å². The molecule has 0 heterocycles. The average molecular weight is 338 g/mol. The van der Waals surface area contributed by atoms with E-state index in [1.807, 2.05) is 0 Å². The lowest BCUT2D eigenvalue weighted by Crippen LogP contribution is -1.98. The van der Waals surface area contributed by atoms with Crippen molar-refractivity contribution < 1.29 is 0 Å². The Hall–Kier alpha value is 0. The lowest BCUT2D eigenvalue weighted by molar-refractivity contribution is 0.412. The van der Waals surface area contributed by atoms with Gasteiger partial charge < -0.3 is 0 Å². The molecule has 0 nitrogen and oxygen atoms in total. The summed E-state index contributed by atoms with van der Waals surface area (Å²) in [5, 5.41) is 0. The lowest BCUT2D eigenvalue weighted by atomic mass is 9.93. The third-order valence-corrected chi connectivity index (χ3v) is 5.59. The Bertz CT molecular complexity index is 208. The van der Waals surface area contributed by atoms with Gasteiger partial charge in [0.15, 0.2) is 0 Å². The highest BCUT2D eigenvalue weighted by Crippen LogP contribution is 2.20. The molecule has 145 valence electrons. The van der Waals surface area contributed by atoms with E-state index in [0.29, 0.717) is 0 Å². The molecule has 0 spiro atoms. The average Bonchev–Trinajstić information content (AvgIpc) is 2.61. The maximum Gasteiger partial charge on any atom is -0.0414 e. The van der Waals surface area contributed by atoms with E-state index >= 15 is 0 Å². The van der Waals surface area contributed by atoms with Gasteiger partial charge in [-0.1, -0.05) is 149 Å². The predicted octanol–water partition coefficient (Wildman–Crippen LogP) is 9.28. The van der Waals surface area contributed by atoms with Gasteiger partial charge in [-0.05, 0) is 5.92 Å². The van der Waals surface area contributed by atoms with E-state index in [1.54, 1.807) is 0 Å². The van der Waals surface area contributed by atoms with Gasteiger partial charge in [-0.3, -0.25) is 0 Å². The number of unbranched alkanes of at least 4 members (excludes halogenated alkanes) is 15. The second kappa shape index (κ2) is 21.0. The van der Waals surface area contributed by atoms with Gasteiger partial charge in [0, 0.05) is 0 Å². The van der Waals surface area contributed by atoms with Crippen molar-refractivity contribution in [3.63, 3.8) is 0 Å². The minimum absolute atomic E-state index is 0.909. The first kappa shape index (κ1) is 24.0. The number of hydrogen-bond donors (Lipinski definition) is 0. The molecule has 0 aliphatic rings. The maximum atomic E-state index is 4.13. The summed E-state index contributed by atoms with van der Waals surface area (Å²) in [5.74, 6) is 0.909. The summed E-state index contributed by atoms with van der Waals surface area (Å²) in [6, 6.07) is 0. The number of hydrogen-bond acceptors (Lipinski definition) is 0. The Morgan fingerprint density at radius 3 is 1.17 bits per heavy atom. The third-order valence-electron chi connectivity index (χ3n) is 5.59. The topological polar surface area (TPSA) is 0 Å². The van der Waals surface area contributed by atoms with Crippen LogP contribution in [0.3, 0.4) is 0 Å². The Kier molecular flexibility index (Phi) is 21.0. The van der Waals surface area contributed by atoms with Crippen molar-refractivity contribution in [1.29, 1.82) is 0 Å². The van der Waals surface area contributed by atoms with Crippen molar-refractivity contribution in [2.75, 3.05) is 0 Å². The van der Waals surface area contributed by atoms with E-state index in [2.05, 4.69) is 20.8 Å². The summed E-state index contributed by atoms with van der Waals surface area (Å²) in [5.41, 5.74) is 0. The standard InChI is InChI=1S/C24H49/c1-4-7-9-10-11-12-13-14-15-16-17-18-19-20-21-23-24(6-3)22-8-5-2/h24H,3-23H2,1-2H3. The predicted molar refractivity (Wildman–Crippen MR) is 113 cm³/mol. The quantitative estimate of drug-likeness (QED) is 0.194. The fourth-order valence-corrected chi connectivity index (χ4v) is 3.73. The van der Waals surface area contributed by atoms with Gasteiger partial charge in [-0.2, -0.15) is 0 Å². The van der Waals surface area contributed by atoms with Crippen LogP contribution in [0.4, 0.5) is 0 Å². The van der Waals surface area contributed by atoms with Crippen molar-refractivity contribution in [1.82, 2.24) is 0 Å². The summed E-state index contributed by atoms with van der Waals surface area (Å²) < 4.78 is 0. The molecule has 0 bridgehead atoms. The molecular formula is C24H49. The summed E-state index contributed by atoms with van der Waals surface area (Å²) >= 11 is 0. The Labute approximate surface area is 155 Å². The summed E-state index contributed by atoms with van der Waals surface area (Å²) in [7, 11) is 0. The fourth-order valence-electron chi connectivity index (χ4n) is 3.73. The van der Waals surface area contributed by atoms with Gasteiger partial charge in [-0.15, -0.1) is 0 Å². The van der Waals surface area contributed by atoms with E-state index in [9.17, 15) is 0 Å². The van der Waals surface area contributed by atoms with Crippen LogP contribution in [0, 0.1) is 12.8 Å². The molecule has 0 amide bonds. The Morgan fingerprint density at radius 2 is 0.792 bits per heavy atom. The van der Waals surface area contributed by atoms with E-state index in [-0.39, 0.29) is 0 Å². The smallest absolute Gasteiger partial charge is 0.0414 e. The van der Waals surface area contributed by atoms with E-state index in [4.69, 9.17) is 0 Å². The van der Waals surface area contributed by atoms with Crippen molar-refractivity contribution in [2.45, 2.75) is 142 Å². The molecule has 0 aliphatic carbocycles. The molecule has 0 aromatic rings. The van der Waals surface area contributed by atoms with Crippen molar-refractivity contribution >= 4 is 0 Å². The molecule has 0 heteroatoms. The molecule has 0 saturated heterocycles. The monoisotopic (exact) mass is 337 g/mol. The molecule has 0 fully saturated rings. The lowest BCUT2D eigenvalue weighted by Gasteiger charge is -2.13. The van der Waals surface area contributed by atoms with Crippen molar-refractivity contribution in [2.24, 2.45) is 5.92 Å². The largest absolute Gasteiger partial charge is 0.0654 e. The van der Waals surface area contributed by atoms with E-state index < -0.39 is 0 Å². The van der Waals surface area contributed by atoms with Crippen molar-refractivity contribution in [3.05, 3.63) is 6.92 Å². The van der Waals surface area contributed by atoms with Crippen LogP contribution in [-0.2, 0) is 0 Å².